The maximum atomic E-state index is 12.3. The minimum atomic E-state index is -0.589. The monoisotopic (exact) mass is 301 g/mol. The van der Waals surface area contributed by atoms with E-state index in [4.69, 9.17) is 9.47 Å². The van der Waals surface area contributed by atoms with Gasteiger partial charge < -0.3 is 19.9 Å². The molecular formula is C17H19NO4. The Morgan fingerprint density at radius 3 is 2.27 bits per heavy atom. The van der Waals surface area contributed by atoms with Crippen LogP contribution in [0, 0.1) is 0 Å². The highest BCUT2D eigenvalue weighted by Crippen LogP contribution is 2.24. The van der Waals surface area contributed by atoms with Crippen molar-refractivity contribution in [3.05, 3.63) is 53.6 Å². The molecule has 0 saturated carbocycles. The van der Waals surface area contributed by atoms with Crippen LogP contribution in [0.2, 0.25) is 0 Å². The molecule has 0 spiro atoms. The minimum absolute atomic E-state index is 0.278. The molecule has 1 amide bonds. The molecule has 0 bridgehead atoms. The summed E-state index contributed by atoms with van der Waals surface area (Å²) < 4.78 is 10.3. The molecule has 0 radical (unpaired) electrons. The fraction of sp³-hybridized carbons (Fsp3) is 0.235. The largest absolute Gasteiger partial charge is 0.497 e. The van der Waals surface area contributed by atoms with Crippen molar-refractivity contribution in [3.8, 4) is 11.5 Å². The second-order valence-corrected chi connectivity index (χ2v) is 4.86. The van der Waals surface area contributed by atoms with Gasteiger partial charge in [0.2, 0.25) is 0 Å². The van der Waals surface area contributed by atoms with E-state index in [1.807, 2.05) is 0 Å². The van der Waals surface area contributed by atoms with E-state index < -0.39 is 6.10 Å². The predicted molar refractivity (Wildman–Crippen MR) is 84.6 cm³/mol. The number of rotatable bonds is 5. The van der Waals surface area contributed by atoms with E-state index in [0.29, 0.717) is 22.7 Å². The maximum absolute atomic E-state index is 12.3. The van der Waals surface area contributed by atoms with E-state index in [1.165, 1.54) is 14.2 Å². The predicted octanol–water partition coefficient (Wildman–Crippen LogP) is 3.01. The van der Waals surface area contributed by atoms with Crippen LogP contribution in [0.25, 0.3) is 0 Å². The molecule has 2 N–H and O–H groups in total. The number of methoxy groups -OCH3 is 2. The topological polar surface area (TPSA) is 67.8 Å². The Hall–Kier alpha value is -2.53. The average molecular weight is 301 g/mol. The van der Waals surface area contributed by atoms with Crippen LogP contribution in [-0.2, 0) is 0 Å². The Labute approximate surface area is 129 Å². The lowest BCUT2D eigenvalue weighted by Gasteiger charge is -2.11. The third-order valence-corrected chi connectivity index (χ3v) is 3.24. The molecule has 116 valence electrons. The van der Waals surface area contributed by atoms with Crippen LogP contribution in [0.15, 0.2) is 42.5 Å². The molecule has 0 aliphatic heterocycles. The van der Waals surface area contributed by atoms with Crippen molar-refractivity contribution in [1.29, 1.82) is 0 Å². The molecule has 22 heavy (non-hydrogen) atoms. The number of amides is 1. The number of hydrogen-bond donors (Lipinski definition) is 2. The first-order valence-corrected chi connectivity index (χ1v) is 6.86. The van der Waals surface area contributed by atoms with Gasteiger partial charge in [-0.15, -0.1) is 0 Å². The van der Waals surface area contributed by atoms with Crippen molar-refractivity contribution < 1.29 is 19.4 Å². The van der Waals surface area contributed by atoms with Crippen LogP contribution in [0.4, 0.5) is 5.69 Å². The lowest BCUT2D eigenvalue weighted by atomic mass is 10.1. The summed E-state index contributed by atoms with van der Waals surface area (Å²) in [5.74, 6) is 0.810. The van der Waals surface area contributed by atoms with E-state index in [2.05, 4.69) is 5.32 Å². The summed E-state index contributed by atoms with van der Waals surface area (Å²) >= 11 is 0. The summed E-state index contributed by atoms with van der Waals surface area (Å²) in [6.45, 7) is 1.67. The molecule has 1 unspecified atom stereocenters. The molecule has 0 aliphatic carbocycles. The normalized spacial score (nSPS) is 11.6. The number of nitrogens with one attached hydrogen (secondary N) is 1. The van der Waals surface area contributed by atoms with E-state index >= 15 is 0 Å². The summed E-state index contributed by atoms with van der Waals surface area (Å²) in [7, 11) is 3.06. The number of aliphatic hydroxyl groups is 1. The quantitative estimate of drug-likeness (QED) is 0.891. The number of hydrogen-bond acceptors (Lipinski definition) is 4. The van der Waals surface area contributed by atoms with Gasteiger partial charge in [0.1, 0.15) is 11.5 Å². The van der Waals surface area contributed by atoms with Gasteiger partial charge in [0.05, 0.1) is 20.3 Å². The van der Waals surface area contributed by atoms with Crippen molar-refractivity contribution in [1.82, 2.24) is 0 Å². The van der Waals surface area contributed by atoms with Crippen molar-refractivity contribution in [2.24, 2.45) is 0 Å². The van der Waals surface area contributed by atoms with E-state index in [0.717, 1.165) is 5.56 Å². The van der Waals surface area contributed by atoms with E-state index in [1.54, 1.807) is 49.4 Å². The second-order valence-electron chi connectivity index (χ2n) is 4.86. The van der Waals surface area contributed by atoms with Crippen LogP contribution < -0.4 is 14.8 Å². The zero-order valence-corrected chi connectivity index (χ0v) is 12.8. The number of ether oxygens (including phenoxy) is 2. The Bertz CT molecular complexity index is 645. The highest BCUT2D eigenvalue weighted by atomic mass is 16.5. The molecule has 0 aromatic heterocycles. The highest BCUT2D eigenvalue weighted by Gasteiger charge is 2.11. The van der Waals surface area contributed by atoms with Crippen LogP contribution in [0.5, 0.6) is 11.5 Å². The summed E-state index contributed by atoms with van der Waals surface area (Å²) in [6.07, 6.45) is -0.589. The van der Waals surface area contributed by atoms with Crippen molar-refractivity contribution in [2.75, 3.05) is 19.5 Å². The minimum Gasteiger partial charge on any atom is -0.497 e. The van der Waals surface area contributed by atoms with Gasteiger partial charge in [-0.25, -0.2) is 0 Å². The third kappa shape index (κ3) is 3.77. The van der Waals surface area contributed by atoms with Crippen LogP contribution in [0.3, 0.4) is 0 Å². The lowest BCUT2D eigenvalue weighted by Crippen LogP contribution is -2.12. The molecule has 2 aromatic rings. The Balaban J connectivity index is 2.23. The highest BCUT2D eigenvalue weighted by molar-refractivity contribution is 6.04. The zero-order valence-electron chi connectivity index (χ0n) is 12.8. The Kier molecular flexibility index (Phi) is 5.01. The number of benzene rings is 2. The van der Waals surface area contributed by atoms with Gasteiger partial charge in [0.15, 0.2) is 0 Å². The molecule has 2 rings (SSSR count). The molecule has 1 atom stereocenters. The van der Waals surface area contributed by atoms with Gasteiger partial charge >= 0.3 is 0 Å². The number of anilines is 1. The summed E-state index contributed by atoms with van der Waals surface area (Å²) in [5.41, 5.74) is 1.78. The van der Waals surface area contributed by atoms with Crippen molar-refractivity contribution >= 4 is 11.6 Å². The van der Waals surface area contributed by atoms with Crippen LogP contribution in [-0.4, -0.2) is 25.2 Å². The molecule has 5 nitrogen and oxygen atoms in total. The van der Waals surface area contributed by atoms with Crippen molar-refractivity contribution in [2.45, 2.75) is 13.0 Å². The Morgan fingerprint density at radius 2 is 1.73 bits per heavy atom. The van der Waals surface area contributed by atoms with Gasteiger partial charge in [-0.2, -0.15) is 0 Å². The Morgan fingerprint density at radius 1 is 1.09 bits per heavy atom. The molecular weight excluding hydrogens is 282 g/mol. The van der Waals surface area contributed by atoms with Crippen LogP contribution >= 0.6 is 0 Å². The molecule has 0 heterocycles. The number of aliphatic hydroxyl groups excluding tert-OH is 1. The first kappa shape index (κ1) is 15.9. The fourth-order valence-corrected chi connectivity index (χ4v) is 2.02. The third-order valence-electron chi connectivity index (χ3n) is 3.24. The number of carbonyl (C=O) groups excluding carboxylic acids is 1. The first-order chi connectivity index (χ1) is 10.5. The molecule has 0 fully saturated rings. The SMILES string of the molecule is COc1cc(OC)cc(C(=O)Nc2cccc(C(C)O)c2)c1. The van der Waals surface area contributed by atoms with Gasteiger partial charge in [-0.3, -0.25) is 4.79 Å². The van der Waals surface area contributed by atoms with E-state index in [-0.39, 0.29) is 5.91 Å². The maximum Gasteiger partial charge on any atom is 0.255 e. The molecule has 2 aromatic carbocycles. The van der Waals surface area contributed by atoms with Gasteiger partial charge in [0.25, 0.3) is 5.91 Å². The second kappa shape index (κ2) is 6.95. The molecule has 0 saturated heterocycles. The molecule has 0 aliphatic rings. The van der Waals surface area contributed by atoms with Crippen LogP contribution in [0.1, 0.15) is 28.9 Å². The first-order valence-electron chi connectivity index (χ1n) is 6.86. The lowest BCUT2D eigenvalue weighted by molar-refractivity contribution is 0.102. The fourth-order valence-electron chi connectivity index (χ4n) is 2.02. The van der Waals surface area contributed by atoms with Gasteiger partial charge in [0, 0.05) is 17.3 Å². The summed E-state index contributed by atoms with van der Waals surface area (Å²) in [4.78, 5) is 12.3. The zero-order chi connectivity index (χ0) is 16.1. The van der Waals surface area contributed by atoms with E-state index in [9.17, 15) is 9.90 Å². The van der Waals surface area contributed by atoms with Gasteiger partial charge in [-0.1, -0.05) is 12.1 Å². The van der Waals surface area contributed by atoms with Gasteiger partial charge in [-0.05, 0) is 36.8 Å². The molecule has 5 heteroatoms. The number of carbonyl (C=O) groups is 1. The smallest absolute Gasteiger partial charge is 0.255 e. The standard InChI is InChI=1S/C17H19NO4/c1-11(19)12-5-4-6-14(7-12)18-17(20)13-8-15(21-2)10-16(9-13)22-3/h4-11,19H,1-3H3,(H,18,20). The van der Waals surface area contributed by atoms with Crippen molar-refractivity contribution in [3.63, 3.8) is 0 Å². The summed E-state index contributed by atoms with van der Waals surface area (Å²) in [5, 5.41) is 12.4. The average Bonchev–Trinajstić information content (AvgIpc) is 2.54. The summed E-state index contributed by atoms with van der Waals surface area (Å²) in [6, 6.07) is 12.1.